The van der Waals surface area contributed by atoms with Gasteiger partial charge in [-0.25, -0.2) is 13.9 Å². The standard InChI is InChI=1S/C26H28FN7O3S/c1-17-23(20-14-18(6-7-34(20)31-17)37-13-10-32-8-11-36-12-9-32)26-28-15-22(38-26)25-30-29-16-33(25)24-19(27)4-3-5-21(24)35-2/h3-7,14-15,29H,8-13,16H2,1-2H3. The Morgan fingerprint density at radius 3 is 2.92 bits per heavy atom. The number of amidine groups is 1. The molecule has 3 aromatic heterocycles. The summed E-state index contributed by atoms with van der Waals surface area (Å²) in [5.74, 6) is 1.42. The number of para-hydroxylation sites is 1. The number of benzene rings is 1. The normalized spacial score (nSPS) is 16.1. The number of ether oxygens (including phenoxy) is 3. The van der Waals surface area contributed by atoms with Crippen LogP contribution in [0.4, 0.5) is 10.1 Å². The van der Waals surface area contributed by atoms with Crippen LogP contribution in [0.2, 0.25) is 0 Å². The van der Waals surface area contributed by atoms with E-state index in [0.29, 0.717) is 30.5 Å². The van der Waals surface area contributed by atoms with Gasteiger partial charge in [-0.05, 0) is 25.1 Å². The molecule has 0 aliphatic carbocycles. The van der Waals surface area contributed by atoms with Crippen LogP contribution in [0.3, 0.4) is 0 Å². The van der Waals surface area contributed by atoms with Crippen LogP contribution in [-0.2, 0) is 4.74 Å². The van der Waals surface area contributed by atoms with Crippen LogP contribution in [-0.4, -0.2) is 78.6 Å². The van der Waals surface area contributed by atoms with Gasteiger partial charge in [-0.3, -0.25) is 15.2 Å². The largest absolute Gasteiger partial charge is 0.494 e. The van der Waals surface area contributed by atoms with Gasteiger partial charge in [0.2, 0.25) is 0 Å². The minimum Gasteiger partial charge on any atom is -0.494 e. The van der Waals surface area contributed by atoms with Crippen molar-refractivity contribution in [2.75, 3.05) is 58.1 Å². The lowest BCUT2D eigenvalue weighted by Crippen LogP contribution is -2.38. The predicted octanol–water partition coefficient (Wildman–Crippen LogP) is 3.35. The number of rotatable bonds is 8. The number of hydrazone groups is 1. The zero-order valence-electron chi connectivity index (χ0n) is 21.2. The van der Waals surface area contributed by atoms with Crippen LogP contribution in [0.25, 0.3) is 16.1 Å². The topological polar surface area (TPSA) is 88.8 Å². The van der Waals surface area contributed by atoms with E-state index >= 15 is 0 Å². The minimum atomic E-state index is -0.384. The summed E-state index contributed by atoms with van der Waals surface area (Å²) >= 11 is 1.48. The first-order valence-corrected chi connectivity index (χ1v) is 13.2. The maximum absolute atomic E-state index is 14.8. The van der Waals surface area contributed by atoms with Crippen molar-refractivity contribution in [3.63, 3.8) is 0 Å². The maximum Gasteiger partial charge on any atom is 0.173 e. The van der Waals surface area contributed by atoms with Crippen molar-refractivity contribution in [2.45, 2.75) is 6.92 Å². The van der Waals surface area contributed by atoms with Gasteiger partial charge in [0.25, 0.3) is 0 Å². The molecule has 1 fully saturated rings. The third-order valence-electron chi connectivity index (χ3n) is 6.61. The predicted molar refractivity (Wildman–Crippen MR) is 144 cm³/mol. The third-order valence-corrected chi connectivity index (χ3v) is 7.62. The van der Waals surface area contributed by atoms with E-state index < -0.39 is 0 Å². The van der Waals surface area contributed by atoms with Gasteiger partial charge in [0.05, 0.1) is 42.0 Å². The molecule has 0 radical (unpaired) electrons. The summed E-state index contributed by atoms with van der Waals surface area (Å²) in [6, 6.07) is 8.69. The SMILES string of the molecule is COc1cccc(F)c1N1CNN=C1c1cnc(-c2c(C)nn3ccc(OCCN4CCOCC4)cc23)s1. The van der Waals surface area contributed by atoms with Crippen LogP contribution in [0.5, 0.6) is 11.5 Å². The molecule has 0 bridgehead atoms. The second kappa shape index (κ2) is 10.6. The molecule has 1 saturated heterocycles. The number of anilines is 1. The average Bonchev–Trinajstić information content (AvgIpc) is 3.67. The van der Waals surface area contributed by atoms with E-state index in [1.165, 1.54) is 24.5 Å². The van der Waals surface area contributed by atoms with Gasteiger partial charge in [-0.2, -0.15) is 10.2 Å². The van der Waals surface area contributed by atoms with Crippen LogP contribution in [0.1, 0.15) is 10.6 Å². The molecule has 1 aromatic carbocycles. The number of thiazole rings is 1. The van der Waals surface area contributed by atoms with Crippen molar-refractivity contribution in [1.82, 2.24) is 24.9 Å². The summed E-state index contributed by atoms with van der Waals surface area (Å²) in [5.41, 5.74) is 5.99. The molecule has 0 spiro atoms. The van der Waals surface area contributed by atoms with E-state index in [-0.39, 0.29) is 5.82 Å². The Bertz CT molecular complexity index is 1480. The first kappa shape index (κ1) is 24.6. The zero-order valence-corrected chi connectivity index (χ0v) is 22.0. The van der Waals surface area contributed by atoms with E-state index in [4.69, 9.17) is 19.2 Å². The van der Waals surface area contributed by atoms with E-state index in [9.17, 15) is 4.39 Å². The molecule has 10 nitrogen and oxygen atoms in total. The zero-order chi connectivity index (χ0) is 26.1. The Hall–Kier alpha value is -3.74. The number of aryl methyl sites for hydroxylation is 1. The Balaban J connectivity index is 1.25. The number of pyridine rings is 1. The van der Waals surface area contributed by atoms with Crippen LogP contribution in [0, 0.1) is 12.7 Å². The third kappa shape index (κ3) is 4.66. The smallest absolute Gasteiger partial charge is 0.173 e. The van der Waals surface area contributed by atoms with Crippen molar-refractivity contribution < 1.29 is 18.6 Å². The fraction of sp³-hybridized carbons (Fsp3) is 0.346. The quantitative estimate of drug-likeness (QED) is 0.366. The second-order valence-corrected chi connectivity index (χ2v) is 9.99. The molecule has 0 saturated carbocycles. The van der Waals surface area contributed by atoms with Gasteiger partial charge in [0.1, 0.15) is 35.5 Å². The molecule has 12 heteroatoms. The Morgan fingerprint density at radius 2 is 2.08 bits per heavy atom. The van der Waals surface area contributed by atoms with Crippen molar-refractivity contribution in [3.8, 4) is 22.1 Å². The molecular formula is C26H28FN7O3S. The number of fused-ring (bicyclic) bond motifs is 1. The highest BCUT2D eigenvalue weighted by atomic mass is 32.1. The van der Waals surface area contributed by atoms with E-state index in [1.807, 2.05) is 29.8 Å². The first-order chi connectivity index (χ1) is 18.6. The summed E-state index contributed by atoms with van der Waals surface area (Å²) in [4.78, 5) is 9.60. The number of halogens is 1. The van der Waals surface area contributed by atoms with Gasteiger partial charge in [0, 0.05) is 38.1 Å². The molecular weight excluding hydrogens is 509 g/mol. The highest BCUT2D eigenvalue weighted by molar-refractivity contribution is 7.17. The Morgan fingerprint density at radius 1 is 1.21 bits per heavy atom. The highest BCUT2D eigenvalue weighted by Crippen LogP contribution is 2.37. The molecule has 1 N–H and O–H groups in total. The van der Waals surface area contributed by atoms with Crippen molar-refractivity contribution in [3.05, 3.63) is 59.1 Å². The van der Waals surface area contributed by atoms with Gasteiger partial charge in [-0.15, -0.1) is 11.3 Å². The Kier molecular flexibility index (Phi) is 6.83. The van der Waals surface area contributed by atoms with E-state index in [1.54, 1.807) is 23.2 Å². The van der Waals surface area contributed by atoms with Gasteiger partial charge in [0.15, 0.2) is 11.7 Å². The molecule has 0 unspecified atom stereocenters. The molecule has 4 aromatic rings. The summed E-state index contributed by atoms with van der Waals surface area (Å²) in [6.45, 7) is 7.15. The summed E-state index contributed by atoms with van der Waals surface area (Å²) in [6.07, 6.45) is 3.67. The molecule has 38 heavy (non-hydrogen) atoms. The van der Waals surface area contributed by atoms with Crippen LogP contribution in [0.15, 0.2) is 47.8 Å². The number of methoxy groups -OCH3 is 1. The fourth-order valence-electron chi connectivity index (χ4n) is 4.72. The molecule has 6 rings (SSSR count). The summed E-state index contributed by atoms with van der Waals surface area (Å²) in [5, 5.41) is 9.91. The molecule has 5 heterocycles. The molecule has 2 aliphatic heterocycles. The molecule has 0 amide bonds. The number of morpholine rings is 1. The van der Waals surface area contributed by atoms with E-state index in [2.05, 4.69) is 20.5 Å². The first-order valence-electron chi connectivity index (χ1n) is 12.4. The second-order valence-electron chi connectivity index (χ2n) is 8.96. The van der Waals surface area contributed by atoms with Crippen molar-refractivity contribution >= 4 is 28.4 Å². The van der Waals surface area contributed by atoms with Gasteiger partial charge >= 0.3 is 0 Å². The lowest BCUT2D eigenvalue weighted by atomic mass is 10.2. The van der Waals surface area contributed by atoms with Crippen LogP contribution >= 0.6 is 11.3 Å². The van der Waals surface area contributed by atoms with Gasteiger partial charge < -0.3 is 14.2 Å². The lowest BCUT2D eigenvalue weighted by Gasteiger charge is -2.26. The Labute approximate surface area is 223 Å². The number of hydrogen-bond acceptors (Lipinski definition) is 10. The van der Waals surface area contributed by atoms with Crippen molar-refractivity contribution in [2.24, 2.45) is 5.10 Å². The van der Waals surface area contributed by atoms with E-state index in [0.717, 1.165) is 65.3 Å². The fourth-order valence-corrected chi connectivity index (χ4v) is 5.74. The van der Waals surface area contributed by atoms with Crippen molar-refractivity contribution in [1.29, 1.82) is 0 Å². The molecule has 2 aliphatic rings. The highest BCUT2D eigenvalue weighted by Gasteiger charge is 2.28. The number of hydrogen-bond donors (Lipinski definition) is 1. The number of nitrogens with one attached hydrogen (secondary N) is 1. The van der Waals surface area contributed by atoms with Gasteiger partial charge in [-0.1, -0.05) is 6.07 Å². The maximum atomic E-state index is 14.8. The minimum absolute atomic E-state index is 0.320. The molecule has 0 atom stereocenters. The summed E-state index contributed by atoms with van der Waals surface area (Å²) < 4.78 is 33.6. The molecule has 198 valence electrons. The summed E-state index contributed by atoms with van der Waals surface area (Å²) in [7, 11) is 1.53. The average molecular weight is 538 g/mol. The lowest BCUT2D eigenvalue weighted by molar-refractivity contribution is 0.0322. The van der Waals surface area contributed by atoms with Crippen LogP contribution < -0.4 is 19.8 Å². The number of nitrogens with zero attached hydrogens (tertiary/aromatic N) is 6. The number of aromatic nitrogens is 3. The monoisotopic (exact) mass is 537 g/mol.